The summed E-state index contributed by atoms with van der Waals surface area (Å²) >= 11 is 5.17. The van der Waals surface area contributed by atoms with E-state index in [1.165, 1.54) is 6.33 Å². The van der Waals surface area contributed by atoms with Crippen LogP contribution < -0.4 is 10.9 Å². The van der Waals surface area contributed by atoms with Gasteiger partial charge in [-0.25, -0.2) is 4.98 Å². The molecule has 0 spiro atoms. The number of aliphatic hydroxyl groups is 3. The van der Waals surface area contributed by atoms with E-state index in [4.69, 9.17) is 22.1 Å². The maximum absolute atomic E-state index is 11.8. The van der Waals surface area contributed by atoms with Crippen LogP contribution in [0.15, 0.2) is 11.1 Å². The maximum atomic E-state index is 11.8. The molecule has 0 amide bonds. The molecule has 1 fully saturated rings. The van der Waals surface area contributed by atoms with Crippen molar-refractivity contribution in [3.63, 3.8) is 0 Å². The summed E-state index contributed by atoms with van der Waals surface area (Å²) < 4.78 is 5.26. The number of aliphatic hydroxyl groups excluding tert-OH is 3. The molecule has 1 aliphatic rings. The van der Waals surface area contributed by atoms with E-state index in [2.05, 4.69) is 25.5 Å². The molecule has 2 aromatic rings. The maximum Gasteiger partial charge on any atom is 0.262 e. The number of thiocarbonyl (C=S) groups is 1. The molecule has 118 valence electrons. The lowest BCUT2D eigenvalue weighted by molar-refractivity contribution is -0.0259. The van der Waals surface area contributed by atoms with E-state index in [9.17, 15) is 15.0 Å². The second kappa shape index (κ2) is 5.70. The monoisotopic (exact) mass is 327 g/mol. The molecule has 6 N–H and O–H groups in total. The first-order chi connectivity index (χ1) is 10.5. The zero-order chi connectivity index (χ0) is 15.9. The van der Waals surface area contributed by atoms with Gasteiger partial charge in [0.25, 0.3) is 5.56 Å². The van der Waals surface area contributed by atoms with Crippen molar-refractivity contribution < 1.29 is 20.1 Å². The fourth-order valence-electron chi connectivity index (χ4n) is 2.25. The second-order valence-corrected chi connectivity index (χ2v) is 5.17. The number of aromatic nitrogens is 4. The summed E-state index contributed by atoms with van der Waals surface area (Å²) in [6.45, 7) is -0.445. The molecule has 0 unspecified atom stereocenters. The third kappa shape index (κ3) is 2.38. The molecule has 0 aliphatic carbocycles. The molecule has 4 atom stereocenters. The van der Waals surface area contributed by atoms with Gasteiger partial charge < -0.3 is 30.4 Å². The molecular formula is C11H13N5O5S. The zero-order valence-electron chi connectivity index (χ0n) is 11.1. The Hall–Kier alpha value is -1.92. The van der Waals surface area contributed by atoms with Crippen LogP contribution in [-0.2, 0) is 4.74 Å². The van der Waals surface area contributed by atoms with Gasteiger partial charge in [0.2, 0.25) is 0 Å². The van der Waals surface area contributed by atoms with Crippen LogP contribution >= 0.6 is 12.2 Å². The van der Waals surface area contributed by atoms with E-state index in [1.807, 2.05) is 0 Å². The van der Waals surface area contributed by atoms with Gasteiger partial charge in [-0.05, 0) is 0 Å². The Labute approximate surface area is 128 Å². The van der Waals surface area contributed by atoms with Gasteiger partial charge in [0, 0.05) is 0 Å². The molecule has 22 heavy (non-hydrogen) atoms. The molecule has 0 aromatic carbocycles. The van der Waals surface area contributed by atoms with Crippen LogP contribution in [0.4, 0.5) is 0 Å². The molecule has 2 aromatic heterocycles. The fourth-order valence-corrected chi connectivity index (χ4v) is 2.51. The van der Waals surface area contributed by atoms with Crippen LogP contribution in [0.5, 0.6) is 0 Å². The van der Waals surface area contributed by atoms with Gasteiger partial charge in [-0.3, -0.25) is 9.89 Å². The van der Waals surface area contributed by atoms with Gasteiger partial charge in [0.15, 0.2) is 11.9 Å². The van der Waals surface area contributed by atoms with E-state index < -0.39 is 36.7 Å². The van der Waals surface area contributed by atoms with Gasteiger partial charge in [0.1, 0.15) is 34.4 Å². The molecule has 0 bridgehead atoms. The average molecular weight is 327 g/mol. The Bertz CT molecular complexity index is 761. The van der Waals surface area contributed by atoms with Crippen molar-refractivity contribution in [1.29, 1.82) is 0 Å². The van der Waals surface area contributed by atoms with E-state index in [0.717, 1.165) is 0 Å². The zero-order valence-corrected chi connectivity index (χ0v) is 11.9. The second-order valence-electron chi connectivity index (χ2n) is 4.76. The topological polar surface area (TPSA) is 156 Å². The number of hydrogen-bond donors (Lipinski definition) is 6. The van der Waals surface area contributed by atoms with Crippen molar-refractivity contribution in [2.75, 3.05) is 6.61 Å². The predicted molar refractivity (Wildman–Crippen MR) is 77.1 cm³/mol. The average Bonchev–Trinajstić information content (AvgIpc) is 3.05. The van der Waals surface area contributed by atoms with E-state index in [-0.39, 0.29) is 21.7 Å². The molecule has 0 saturated carbocycles. The molecular weight excluding hydrogens is 314 g/mol. The van der Waals surface area contributed by atoms with Crippen molar-refractivity contribution in [3.8, 4) is 0 Å². The van der Waals surface area contributed by atoms with Crippen molar-refractivity contribution in [2.45, 2.75) is 24.5 Å². The number of ether oxygens (including phenoxy) is 1. The lowest BCUT2D eigenvalue weighted by Crippen LogP contribution is -2.43. The molecule has 1 aliphatic heterocycles. The first-order valence-corrected chi connectivity index (χ1v) is 6.79. The van der Waals surface area contributed by atoms with Crippen LogP contribution in [0.1, 0.15) is 5.69 Å². The summed E-state index contributed by atoms with van der Waals surface area (Å²) in [6, 6.07) is 0. The van der Waals surface area contributed by atoms with Crippen LogP contribution in [0.3, 0.4) is 0 Å². The van der Waals surface area contributed by atoms with Crippen molar-refractivity contribution in [1.82, 2.24) is 25.5 Å². The van der Waals surface area contributed by atoms with Crippen molar-refractivity contribution >= 4 is 28.2 Å². The summed E-state index contributed by atoms with van der Waals surface area (Å²) in [6.07, 6.45) is -3.24. The number of aromatic amines is 2. The first-order valence-electron chi connectivity index (χ1n) is 6.38. The minimum atomic E-state index is -1.28. The predicted octanol–water partition coefficient (Wildman–Crippen LogP) is -2.65. The number of nitrogens with one attached hydrogen (secondary N) is 3. The third-order valence-corrected chi connectivity index (χ3v) is 3.72. The van der Waals surface area contributed by atoms with Gasteiger partial charge in [-0.1, -0.05) is 12.2 Å². The van der Waals surface area contributed by atoms with Crippen LogP contribution in [0.2, 0.25) is 0 Å². The van der Waals surface area contributed by atoms with Gasteiger partial charge in [-0.2, -0.15) is 5.10 Å². The molecule has 1 saturated heterocycles. The standard InChI is InChI=1S/C11H13N5O5S/c17-1-3-6(18)7(19)10(21-3)14-11(22)5-4-8(16-15-5)12-2-13-9(4)20/h2-3,6-7,10,17-19H,1H2,(H,14,22)(H2,12,13,15,16,20)/t3-,6-,7-,10-/m1/s1. The fraction of sp³-hybridized carbons (Fsp3) is 0.455. The summed E-state index contributed by atoms with van der Waals surface area (Å²) in [5.74, 6) is 0. The van der Waals surface area contributed by atoms with Gasteiger partial charge in [-0.15, -0.1) is 0 Å². The highest BCUT2D eigenvalue weighted by Gasteiger charge is 2.42. The van der Waals surface area contributed by atoms with E-state index in [1.54, 1.807) is 0 Å². The highest BCUT2D eigenvalue weighted by molar-refractivity contribution is 7.80. The Morgan fingerprint density at radius 2 is 2.23 bits per heavy atom. The van der Waals surface area contributed by atoms with E-state index >= 15 is 0 Å². The number of rotatable bonds is 3. The first kappa shape index (κ1) is 15.0. The van der Waals surface area contributed by atoms with Crippen molar-refractivity contribution in [2.24, 2.45) is 0 Å². The van der Waals surface area contributed by atoms with Gasteiger partial charge in [0.05, 0.1) is 12.9 Å². The Kier molecular flexibility index (Phi) is 3.88. The molecule has 3 heterocycles. The summed E-state index contributed by atoms with van der Waals surface area (Å²) in [5.41, 5.74) is 0.000190. The molecule has 3 rings (SSSR count). The van der Waals surface area contributed by atoms with Crippen molar-refractivity contribution in [3.05, 3.63) is 22.4 Å². The number of hydrogen-bond acceptors (Lipinski definition) is 8. The molecule has 11 heteroatoms. The smallest absolute Gasteiger partial charge is 0.262 e. The lowest BCUT2D eigenvalue weighted by Gasteiger charge is -2.17. The Balaban J connectivity index is 1.84. The Morgan fingerprint density at radius 3 is 2.91 bits per heavy atom. The number of fused-ring (bicyclic) bond motifs is 1. The molecule has 10 nitrogen and oxygen atoms in total. The lowest BCUT2D eigenvalue weighted by atomic mass is 10.1. The van der Waals surface area contributed by atoms with Crippen LogP contribution in [-0.4, -0.2) is 71.6 Å². The highest BCUT2D eigenvalue weighted by Crippen LogP contribution is 2.20. The Morgan fingerprint density at radius 1 is 1.45 bits per heavy atom. The quantitative estimate of drug-likeness (QED) is 0.331. The minimum Gasteiger partial charge on any atom is -0.394 e. The SMILES string of the molecule is O=c1[nH]cnc2n[nH]c(C(=S)N[C@@H]3O[C@H](CO)[C@@H](O)[C@H]3O)c12. The number of nitrogens with zero attached hydrogens (tertiary/aromatic N) is 2. The van der Waals surface area contributed by atoms with Crippen LogP contribution in [0, 0.1) is 0 Å². The largest absolute Gasteiger partial charge is 0.394 e. The summed E-state index contributed by atoms with van der Waals surface area (Å²) in [4.78, 5) is 18.2. The normalized spacial score (nSPS) is 28.1. The van der Waals surface area contributed by atoms with E-state index in [0.29, 0.717) is 0 Å². The minimum absolute atomic E-state index is 0.0656. The third-order valence-electron chi connectivity index (χ3n) is 3.40. The molecule has 0 radical (unpaired) electrons. The van der Waals surface area contributed by atoms with Crippen LogP contribution in [0.25, 0.3) is 11.0 Å². The summed E-state index contributed by atoms with van der Waals surface area (Å²) in [5, 5.41) is 37.9. The van der Waals surface area contributed by atoms with Gasteiger partial charge >= 0.3 is 0 Å². The number of H-pyrrole nitrogens is 2. The summed E-state index contributed by atoms with van der Waals surface area (Å²) in [7, 11) is 0. The highest BCUT2D eigenvalue weighted by atomic mass is 32.1.